The van der Waals surface area contributed by atoms with Gasteiger partial charge in [-0.25, -0.2) is 4.79 Å². The Hall–Kier alpha value is -2.08. The summed E-state index contributed by atoms with van der Waals surface area (Å²) in [5, 5.41) is 15.8. The maximum Gasteiger partial charge on any atom is 0.317 e. The fourth-order valence-electron chi connectivity index (χ4n) is 3.98. The number of piperidine rings is 1. The second kappa shape index (κ2) is 9.38. The number of ether oxygens (including phenoxy) is 2. The maximum atomic E-state index is 13.0. The van der Waals surface area contributed by atoms with E-state index in [1.807, 2.05) is 29.2 Å². The number of nitrogens with zero attached hydrogens (tertiary/aromatic N) is 2. The summed E-state index contributed by atoms with van der Waals surface area (Å²) in [5.41, 5.74) is 0. The van der Waals surface area contributed by atoms with Crippen LogP contribution in [0.5, 0.6) is 11.5 Å². The largest absolute Gasteiger partial charge is 0.633 e. The van der Waals surface area contributed by atoms with Crippen LogP contribution in [0.25, 0.3) is 0 Å². The van der Waals surface area contributed by atoms with Crippen LogP contribution in [0.1, 0.15) is 19.3 Å². The third kappa shape index (κ3) is 6.46. The van der Waals surface area contributed by atoms with Gasteiger partial charge < -0.3 is 29.5 Å². The summed E-state index contributed by atoms with van der Waals surface area (Å²) >= 11 is 0. The molecule has 3 aliphatic rings. The number of likely N-dealkylation sites (tertiary alicyclic amines) is 1. The van der Waals surface area contributed by atoms with Crippen LogP contribution in [-0.4, -0.2) is 86.3 Å². The number of hydrogen-bond acceptors (Lipinski definition) is 6. The summed E-state index contributed by atoms with van der Waals surface area (Å²) in [7, 11) is -3.67. The number of fused-ring (bicyclic) bond motifs is 1. The zero-order valence-corrected chi connectivity index (χ0v) is 17.8. The molecule has 3 aliphatic heterocycles. The highest BCUT2D eigenvalue weighted by molar-refractivity contribution is 7.85. The van der Waals surface area contributed by atoms with Crippen molar-refractivity contribution in [3.8, 4) is 11.5 Å². The third-order valence-corrected chi connectivity index (χ3v) is 5.50. The minimum absolute atomic E-state index is 0.0160. The van der Waals surface area contributed by atoms with Gasteiger partial charge in [-0.1, -0.05) is 12.1 Å². The third-order valence-electron chi connectivity index (χ3n) is 5.50. The van der Waals surface area contributed by atoms with E-state index in [0.717, 1.165) is 30.9 Å². The van der Waals surface area contributed by atoms with Gasteiger partial charge in [0.2, 0.25) is 0 Å². The van der Waals surface area contributed by atoms with Crippen molar-refractivity contribution in [2.45, 2.75) is 31.4 Å². The highest BCUT2D eigenvalue weighted by Crippen LogP contribution is 2.32. The minimum atomic E-state index is -3.67. The molecule has 1 aromatic rings. The molecule has 1 atom stereocenters. The summed E-state index contributed by atoms with van der Waals surface area (Å²) in [6, 6.07) is 7.87. The standard InChI is InChI=1S/C18H25N3O4.CH4O3S/c22-18-19-8-9-20(18)14-5-10-21(23,11-6-14)12-7-15-13-24-16-3-1-2-4-17(16)25-15;1-5(2,3)4/h1-4,14-15H,5-13H2,(H,19,22);1H3,(H,2,3,4). The lowest BCUT2D eigenvalue weighted by atomic mass is 10.0. The molecule has 0 bridgehead atoms. The molecule has 0 spiro atoms. The average molecular weight is 444 g/mol. The van der Waals surface area contributed by atoms with Crippen molar-refractivity contribution in [1.29, 1.82) is 0 Å². The first-order chi connectivity index (χ1) is 14.1. The lowest BCUT2D eigenvalue weighted by molar-refractivity contribution is -0.886. The molecule has 2 amide bonds. The first kappa shape index (κ1) is 22.6. The quantitative estimate of drug-likeness (QED) is 0.407. The zero-order chi connectivity index (χ0) is 21.8. The molecule has 3 heterocycles. The molecule has 0 aromatic heterocycles. The Morgan fingerprint density at radius 2 is 1.90 bits per heavy atom. The van der Waals surface area contributed by atoms with E-state index in [-0.39, 0.29) is 22.8 Å². The molecule has 30 heavy (non-hydrogen) atoms. The number of quaternary nitrogens is 1. The van der Waals surface area contributed by atoms with Crippen LogP contribution < -0.4 is 14.8 Å². The van der Waals surface area contributed by atoms with Crippen molar-refractivity contribution in [3.63, 3.8) is 0 Å². The van der Waals surface area contributed by atoms with Gasteiger partial charge in [-0.05, 0) is 12.1 Å². The highest BCUT2D eigenvalue weighted by atomic mass is 32.2. The number of para-hydroxylation sites is 2. The Balaban J connectivity index is 0.000000461. The number of hydrogen-bond donors (Lipinski definition) is 2. The molecule has 2 N–H and O–H groups in total. The fourth-order valence-corrected chi connectivity index (χ4v) is 3.98. The van der Waals surface area contributed by atoms with E-state index < -0.39 is 10.1 Å². The van der Waals surface area contributed by atoms with Crippen molar-refractivity contribution in [1.82, 2.24) is 10.2 Å². The highest BCUT2D eigenvalue weighted by Gasteiger charge is 2.35. The van der Waals surface area contributed by atoms with Gasteiger partial charge in [-0.2, -0.15) is 8.42 Å². The van der Waals surface area contributed by atoms with Gasteiger partial charge in [0.1, 0.15) is 12.7 Å². The van der Waals surface area contributed by atoms with E-state index in [1.165, 1.54) is 0 Å². The van der Waals surface area contributed by atoms with Gasteiger partial charge in [0.25, 0.3) is 10.1 Å². The fraction of sp³-hybridized carbons (Fsp3) is 0.632. The van der Waals surface area contributed by atoms with Crippen LogP contribution >= 0.6 is 0 Å². The molecule has 1 aromatic carbocycles. The van der Waals surface area contributed by atoms with E-state index in [2.05, 4.69) is 5.32 Å². The number of rotatable bonds is 4. The summed E-state index contributed by atoms with van der Waals surface area (Å²) in [5.74, 6) is 1.53. The molecular formula is C19H29N3O7S. The number of urea groups is 1. The average Bonchev–Trinajstić information content (AvgIpc) is 3.12. The molecule has 1 unspecified atom stereocenters. The van der Waals surface area contributed by atoms with E-state index in [0.29, 0.717) is 45.5 Å². The second-order valence-electron chi connectivity index (χ2n) is 7.90. The summed E-state index contributed by atoms with van der Waals surface area (Å²) in [6.45, 7) is 3.64. The molecular weight excluding hydrogens is 414 g/mol. The van der Waals surface area contributed by atoms with Crippen LogP contribution in [0.15, 0.2) is 24.3 Å². The van der Waals surface area contributed by atoms with E-state index in [9.17, 15) is 18.4 Å². The molecule has 11 heteroatoms. The van der Waals surface area contributed by atoms with Crippen LogP contribution in [-0.2, 0) is 10.1 Å². The molecule has 4 rings (SSSR count). The van der Waals surface area contributed by atoms with Crippen LogP contribution in [0.2, 0.25) is 0 Å². The first-order valence-corrected chi connectivity index (χ1v) is 11.9. The molecule has 0 aliphatic carbocycles. The van der Waals surface area contributed by atoms with Crippen molar-refractivity contribution in [2.75, 3.05) is 45.6 Å². The first-order valence-electron chi connectivity index (χ1n) is 10.1. The monoisotopic (exact) mass is 443 g/mol. The van der Waals surface area contributed by atoms with Crippen molar-refractivity contribution >= 4 is 16.1 Å². The van der Waals surface area contributed by atoms with Crippen molar-refractivity contribution in [3.05, 3.63) is 29.5 Å². The number of benzene rings is 1. The van der Waals surface area contributed by atoms with Gasteiger partial charge in [0.05, 0.1) is 25.9 Å². The topological polar surface area (TPSA) is 128 Å². The molecule has 2 fully saturated rings. The lowest BCUT2D eigenvalue weighted by Crippen LogP contribution is -2.54. The molecule has 0 saturated carbocycles. The van der Waals surface area contributed by atoms with Gasteiger partial charge in [-0.3, -0.25) is 4.55 Å². The van der Waals surface area contributed by atoms with Crippen LogP contribution in [0.4, 0.5) is 4.79 Å². The van der Waals surface area contributed by atoms with Crippen LogP contribution in [0.3, 0.4) is 0 Å². The minimum Gasteiger partial charge on any atom is -0.633 e. The molecule has 2 saturated heterocycles. The Labute approximate surface area is 176 Å². The van der Waals surface area contributed by atoms with E-state index in [4.69, 9.17) is 14.0 Å². The number of nitrogens with one attached hydrogen (secondary N) is 1. The zero-order valence-electron chi connectivity index (χ0n) is 17.0. The molecule has 168 valence electrons. The van der Waals surface area contributed by atoms with Gasteiger partial charge in [0.15, 0.2) is 11.5 Å². The number of hydroxylamine groups is 3. The second-order valence-corrected chi connectivity index (χ2v) is 9.37. The molecule has 0 radical (unpaired) electrons. The van der Waals surface area contributed by atoms with E-state index >= 15 is 0 Å². The van der Waals surface area contributed by atoms with Gasteiger partial charge >= 0.3 is 6.03 Å². The Bertz CT molecular complexity index is 832. The maximum absolute atomic E-state index is 13.0. The number of carbonyl (C=O) groups excluding carboxylic acids is 1. The van der Waals surface area contributed by atoms with Gasteiger partial charge in [0, 0.05) is 38.4 Å². The van der Waals surface area contributed by atoms with Crippen molar-refractivity contribution in [2.24, 2.45) is 0 Å². The SMILES string of the molecule is CS(=O)(=O)O.O=C1NCCN1C1CC[N+]([O-])(CCC2COc3ccccc3O2)CC1. The predicted octanol–water partition coefficient (Wildman–Crippen LogP) is 1.22. The number of carbonyl (C=O) groups is 1. The van der Waals surface area contributed by atoms with Crippen molar-refractivity contribution < 1.29 is 31.9 Å². The molecule has 10 nitrogen and oxygen atoms in total. The summed E-state index contributed by atoms with van der Waals surface area (Å²) < 4.78 is 37.4. The Morgan fingerprint density at radius 1 is 1.27 bits per heavy atom. The lowest BCUT2D eigenvalue weighted by Gasteiger charge is -2.49. The number of amides is 2. The Kier molecular flexibility index (Phi) is 7.06. The summed E-state index contributed by atoms with van der Waals surface area (Å²) in [6.07, 6.45) is 2.89. The van der Waals surface area contributed by atoms with Crippen LogP contribution in [0, 0.1) is 5.21 Å². The normalized spacial score (nSPS) is 28.4. The summed E-state index contributed by atoms with van der Waals surface area (Å²) in [4.78, 5) is 13.7. The van der Waals surface area contributed by atoms with Gasteiger partial charge in [-0.15, -0.1) is 0 Å². The Morgan fingerprint density at radius 3 is 2.50 bits per heavy atom. The smallest absolute Gasteiger partial charge is 0.317 e. The predicted molar refractivity (Wildman–Crippen MR) is 110 cm³/mol. The van der Waals surface area contributed by atoms with E-state index in [1.54, 1.807) is 0 Å².